The van der Waals surface area contributed by atoms with Crippen LogP contribution in [0.15, 0.2) is 90.0 Å². The molecule has 1 aliphatic rings. The van der Waals surface area contributed by atoms with Gasteiger partial charge in [0.25, 0.3) is 0 Å². The molecule has 0 unspecified atom stereocenters. The number of hydrogen-bond donors (Lipinski definition) is 0. The number of sulfonamides is 1. The van der Waals surface area contributed by atoms with Crippen LogP contribution in [-0.4, -0.2) is 45.1 Å². The van der Waals surface area contributed by atoms with Crippen LogP contribution in [0.1, 0.15) is 31.2 Å². The average Bonchev–Trinajstić information content (AvgIpc) is 3.58. The molecule has 0 spiro atoms. The fourth-order valence-corrected chi connectivity index (χ4v) is 6.81. The van der Waals surface area contributed by atoms with Gasteiger partial charge < -0.3 is 4.57 Å². The monoisotopic (exact) mass is 562 g/mol. The van der Waals surface area contributed by atoms with Crippen LogP contribution in [0, 0.1) is 17.2 Å². The summed E-state index contributed by atoms with van der Waals surface area (Å²) in [5.41, 5.74) is 4.86. The molecule has 0 amide bonds. The molecular formula is C32H30N6O2S. The van der Waals surface area contributed by atoms with E-state index >= 15 is 0 Å². The van der Waals surface area contributed by atoms with E-state index in [-0.39, 0.29) is 4.90 Å². The molecule has 6 rings (SSSR count). The number of rotatable bonds is 6. The molecule has 0 bridgehead atoms. The van der Waals surface area contributed by atoms with Crippen molar-refractivity contribution in [2.75, 3.05) is 13.1 Å². The lowest BCUT2D eigenvalue weighted by molar-refractivity contribution is 0.288. The Kier molecular flexibility index (Phi) is 7.03. The third-order valence-electron chi connectivity index (χ3n) is 7.70. The fourth-order valence-electron chi connectivity index (χ4n) is 5.30. The first-order valence-electron chi connectivity index (χ1n) is 13.6. The van der Waals surface area contributed by atoms with E-state index in [0.29, 0.717) is 47.2 Å². The second-order valence-corrected chi connectivity index (χ2v) is 12.4. The Hall–Kier alpha value is -4.52. The number of nitrogens with zero attached hydrogens (tertiary/aromatic N) is 6. The van der Waals surface area contributed by atoms with Crippen LogP contribution in [0.2, 0.25) is 0 Å². The van der Waals surface area contributed by atoms with Crippen LogP contribution in [-0.2, 0) is 17.1 Å². The van der Waals surface area contributed by atoms with Gasteiger partial charge in [-0.05, 0) is 61.2 Å². The molecule has 9 heteroatoms. The molecule has 41 heavy (non-hydrogen) atoms. The average molecular weight is 563 g/mol. The maximum atomic E-state index is 13.6. The van der Waals surface area contributed by atoms with Crippen molar-refractivity contribution in [2.45, 2.75) is 24.7 Å². The van der Waals surface area contributed by atoms with Gasteiger partial charge in [0.1, 0.15) is 11.8 Å². The highest BCUT2D eigenvalue weighted by Crippen LogP contribution is 2.31. The Balaban J connectivity index is 1.47. The molecule has 3 aromatic carbocycles. The van der Waals surface area contributed by atoms with Crippen molar-refractivity contribution in [3.05, 3.63) is 96.4 Å². The molecule has 2 aromatic heterocycles. The number of aryl methyl sites for hydroxylation is 1. The Labute approximate surface area is 239 Å². The molecule has 0 saturated carbocycles. The van der Waals surface area contributed by atoms with Crippen molar-refractivity contribution in [3.8, 4) is 23.0 Å². The molecule has 0 N–H and O–H groups in total. The van der Waals surface area contributed by atoms with E-state index in [4.69, 9.17) is 10.1 Å². The Bertz CT molecular complexity index is 1910. The van der Waals surface area contributed by atoms with E-state index in [1.807, 2.05) is 78.5 Å². The zero-order valence-corrected chi connectivity index (χ0v) is 23.8. The van der Waals surface area contributed by atoms with Crippen LogP contribution < -0.4 is 0 Å². The van der Waals surface area contributed by atoms with Gasteiger partial charge >= 0.3 is 0 Å². The summed E-state index contributed by atoms with van der Waals surface area (Å²) >= 11 is 0. The highest BCUT2D eigenvalue weighted by Gasteiger charge is 2.28. The number of hydrogen-bond acceptors (Lipinski definition) is 5. The number of allylic oxidation sites excluding steroid dienone is 1. The summed E-state index contributed by atoms with van der Waals surface area (Å²) in [5.74, 6) is 1.07. The summed E-state index contributed by atoms with van der Waals surface area (Å²) in [6.45, 7) is 3.20. The van der Waals surface area contributed by atoms with Crippen molar-refractivity contribution >= 4 is 32.7 Å². The zero-order valence-electron chi connectivity index (χ0n) is 23.0. The van der Waals surface area contributed by atoms with E-state index in [1.54, 1.807) is 33.3 Å². The predicted molar refractivity (Wildman–Crippen MR) is 160 cm³/mol. The van der Waals surface area contributed by atoms with Crippen molar-refractivity contribution in [1.29, 1.82) is 5.26 Å². The summed E-state index contributed by atoms with van der Waals surface area (Å²) < 4.78 is 32.3. The Morgan fingerprint density at radius 1 is 1.00 bits per heavy atom. The molecule has 1 aliphatic heterocycles. The van der Waals surface area contributed by atoms with Crippen LogP contribution in [0.4, 0.5) is 0 Å². The van der Waals surface area contributed by atoms with Crippen LogP contribution >= 0.6 is 0 Å². The van der Waals surface area contributed by atoms with Gasteiger partial charge in [-0.25, -0.2) is 18.1 Å². The lowest BCUT2D eigenvalue weighted by atomic mass is 10.0. The molecule has 1 saturated heterocycles. The lowest BCUT2D eigenvalue weighted by Crippen LogP contribution is -2.37. The number of fused-ring (bicyclic) bond motifs is 1. The zero-order chi connectivity index (χ0) is 28.6. The van der Waals surface area contributed by atoms with E-state index in [1.165, 1.54) is 0 Å². The third kappa shape index (κ3) is 5.08. The molecule has 3 heterocycles. The van der Waals surface area contributed by atoms with Crippen LogP contribution in [0.25, 0.3) is 39.6 Å². The number of piperidine rings is 1. The summed E-state index contributed by atoms with van der Waals surface area (Å²) in [6.07, 6.45) is 5.34. The fraction of sp³-hybridized carbons (Fsp3) is 0.219. The second kappa shape index (κ2) is 10.8. The lowest BCUT2D eigenvalue weighted by Gasteiger charge is -2.29. The van der Waals surface area contributed by atoms with Crippen molar-refractivity contribution in [2.24, 2.45) is 13.0 Å². The van der Waals surface area contributed by atoms with Crippen LogP contribution in [0.5, 0.6) is 0 Å². The highest BCUT2D eigenvalue weighted by atomic mass is 32.2. The van der Waals surface area contributed by atoms with E-state index in [0.717, 1.165) is 29.6 Å². The molecular weight excluding hydrogens is 532 g/mol. The summed E-state index contributed by atoms with van der Waals surface area (Å²) in [4.78, 5) is 4.95. The number of nitriles is 1. The minimum atomic E-state index is -3.65. The molecule has 0 aliphatic carbocycles. The van der Waals surface area contributed by atoms with Crippen molar-refractivity contribution in [1.82, 2.24) is 23.6 Å². The van der Waals surface area contributed by atoms with Gasteiger partial charge in [0, 0.05) is 37.5 Å². The van der Waals surface area contributed by atoms with E-state index in [9.17, 15) is 13.7 Å². The summed E-state index contributed by atoms with van der Waals surface area (Å²) in [5, 5.41) is 15.1. The largest absolute Gasteiger partial charge is 0.327 e. The highest BCUT2D eigenvalue weighted by molar-refractivity contribution is 7.89. The first-order chi connectivity index (χ1) is 19.8. The molecule has 0 atom stereocenters. The van der Waals surface area contributed by atoms with Gasteiger partial charge in [-0.1, -0.05) is 49.4 Å². The van der Waals surface area contributed by atoms with Gasteiger partial charge in [0.05, 0.1) is 27.2 Å². The van der Waals surface area contributed by atoms with Crippen molar-refractivity contribution < 1.29 is 8.42 Å². The van der Waals surface area contributed by atoms with Gasteiger partial charge in [0.15, 0.2) is 5.82 Å². The van der Waals surface area contributed by atoms with E-state index in [2.05, 4.69) is 13.0 Å². The third-order valence-corrected chi connectivity index (χ3v) is 9.59. The number of aromatic nitrogens is 4. The first kappa shape index (κ1) is 26.7. The SMILES string of the molecule is CC1CCN(S(=O)(=O)c2cccc(-c3nn(-c4ccccc4)cc3C=C(C#N)c3nc4ccccc4n3C)c2)CC1. The summed E-state index contributed by atoms with van der Waals surface area (Å²) in [6, 6.07) is 26.7. The molecule has 1 fully saturated rings. The Morgan fingerprint density at radius 3 is 2.46 bits per heavy atom. The molecule has 8 nitrogen and oxygen atoms in total. The van der Waals surface area contributed by atoms with Gasteiger partial charge in [-0.15, -0.1) is 0 Å². The minimum absolute atomic E-state index is 0.240. The van der Waals surface area contributed by atoms with Crippen LogP contribution in [0.3, 0.4) is 0 Å². The van der Waals surface area contributed by atoms with Gasteiger partial charge in [-0.3, -0.25) is 0 Å². The normalized spacial score (nSPS) is 15.3. The van der Waals surface area contributed by atoms with Crippen molar-refractivity contribution in [3.63, 3.8) is 0 Å². The number of benzene rings is 3. The minimum Gasteiger partial charge on any atom is -0.327 e. The predicted octanol–water partition coefficient (Wildman–Crippen LogP) is 5.91. The number of para-hydroxylation sites is 3. The molecule has 5 aromatic rings. The maximum Gasteiger partial charge on any atom is 0.243 e. The quantitative estimate of drug-likeness (QED) is 0.240. The summed E-state index contributed by atoms with van der Waals surface area (Å²) in [7, 11) is -1.76. The van der Waals surface area contributed by atoms with Gasteiger partial charge in [-0.2, -0.15) is 14.7 Å². The topological polar surface area (TPSA) is 96.8 Å². The maximum absolute atomic E-state index is 13.6. The van der Waals surface area contributed by atoms with Gasteiger partial charge in [0.2, 0.25) is 10.0 Å². The second-order valence-electron chi connectivity index (χ2n) is 10.5. The molecule has 0 radical (unpaired) electrons. The molecule has 206 valence electrons. The Morgan fingerprint density at radius 2 is 1.73 bits per heavy atom. The first-order valence-corrected chi connectivity index (χ1v) is 15.1. The standard InChI is InChI=1S/C32H30N6O2S/c1-23-15-17-37(18-16-23)41(39,40)28-12-8-9-24(20-28)31-26(22-38(35-31)27-10-4-3-5-11-27)19-25(21-33)32-34-29-13-6-7-14-30(29)36(32)2/h3-14,19-20,22-23H,15-18H2,1-2H3. The van der Waals surface area contributed by atoms with E-state index < -0.39 is 10.0 Å². The number of imidazole rings is 1. The smallest absolute Gasteiger partial charge is 0.243 e.